The summed E-state index contributed by atoms with van der Waals surface area (Å²) in [5.74, 6) is 0. The van der Waals surface area contributed by atoms with Crippen LogP contribution in [0, 0.1) is 0 Å². The van der Waals surface area contributed by atoms with Crippen LogP contribution in [0.25, 0.3) is 0 Å². The zero-order chi connectivity index (χ0) is 11.8. The van der Waals surface area contributed by atoms with Crippen LogP contribution in [0.4, 0.5) is 0 Å². The van der Waals surface area contributed by atoms with Gasteiger partial charge in [-0.1, -0.05) is 55.1 Å². The molecule has 0 unspecified atom stereocenters. The summed E-state index contributed by atoms with van der Waals surface area (Å²) in [6.45, 7) is 5.91. The molecule has 0 amide bonds. The summed E-state index contributed by atoms with van der Waals surface area (Å²) < 4.78 is 5.55. The maximum absolute atomic E-state index is 9.67. The molecular formula is C14H18O2. The first-order chi connectivity index (χ1) is 7.74. The molecule has 0 heterocycles. The molecule has 0 saturated carbocycles. The largest absolute Gasteiger partial charge is 0.386 e. The number of aliphatic hydroxyl groups is 1. The van der Waals surface area contributed by atoms with Crippen molar-refractivity contribution < 1.29 is 9.84 Å². The lowest BCUT2D eigenvalue weighted by Gasteiger charge is -2.16. The molecule has 0 saturated heterocycles. The van der Waals surface area contributed by atoms with Crippen LogP contribution < -0.4 is 0 Å². The highest BCUT2D eigenvalue weighted by Gasteiger charge is 2.10. The number of allylic oxidation sites excluding steroid dienone is 2. The SMILES string of the molecule is C=C/C=C\[C@H](O)[C@H](C)OCc1ccccc1. The van der Waals surface area contributed by atoms with E-state index >= 15 is 0 Å². The van der Waals surface area contributed by atoms with E-state index < -0.39 is 6.10 Å². The van der Waals surface area contributed by atoms with Gasteiger partial charge in [-0.3, -0.25) is 0 Å². The predicted molar refractivity (Wildman–Crippen MR) is 66.0 cm³/mol. The molecule has 16 heavy (non-hydrogen) atoms. The van der Waals surface area contributed by atoms with Gasteiger partial charge in [-0.15, -0.1) is 0 Å². The first kappa shape index (κ1) is 12.7. The normalized spacial score (nSPS) is 14.9. The summed E-state index contributed by atoms with van der Waals surface area (Å²) >= 11 is 0. The molecule has 0 spiro atoms. The van der Waals surface area contributed by atoms with E-state index in [4.69, 9.17) is 4.74 Å². The highest BCUT2D eigenvalue weighted by atomic mass is 16.5. The first-order valence-electron chi connectivity index (χ1n) is 5.37. The maximum Gasteiger partial charge on any atom is 0.0983 e. The molecule has 1 rings (SSSR count). The van der Waals surface area contributed by atoms with Crippen molar-refractivity contribution in [3.8, 4) is 0 Å². The van der Waals surface area contributed by atoms with Gasteiger partial charge in [-0.2, -0.15) is 0 Å². The van der Waals surface area contributed by atoms with Gasteiger partial charge in [0.25, 0.3) is 0 Å². The second kappa shape index (κ2) is 6.99. The Balaban J connectivity index is 2.37. The molecule has 1 N–H and O–H groups in total. The van der Waals surface area contributed by atoms with Gasteiger partial charge in [0.05, 0.1) is 18.8 Å². The Hall–Kier alpha value is -1.38. The van der Waals surface area contributed by atoms with Crippen LogP contribution in [0.1, 0.15) is 12.5 Å². The minimum absolute atomic E-state index is 0.226. The number of benzene rings is 1. The topological polar surface area (TPSA) is 29.5 Å². The summed E-state index contributed by atoms with van der Waals surface area (Å²) in [6, 6.07) is 9.90. The average Bonchev–Trinajstić information content (AvgIpc) is 2.34. The van der Waals surface area contributed by atoms with Crippen molar-refractivity contribution in [3.63, 3.8) is 0 Å². The lowest BCUT2D eigenvalue weighted by Crippen LogP contribution is -2.23. The summed E-state index contributed by atoms with van der Waals surface area (Å²) in [7, 11) is 0. The van der Waals surface area contributed by atoms with Crippen LogP contribution >= 0.6 is 0 Å². The fourth-order valence-corrected chi connectivity index (χ4v) is 1.25. The fraction of sp³-hybridized carbons (Fsp3) is 0.286. The van der Waals surface area contributed by atoms with Crippen LogP contribution in [0.2, 0.25) is 0 Å². The van der Waals surface area contributed by atoms with Crippen LogP contribution in [-0.2, 0) is 11.3 Å². The third kappa shape index (κ3) is 4.43. The highest BCUT2D eigenvalue weighted by molar-refractivity contribution is 5.13. The number of hydrogen-bond acceptors (Lipinski definition) is 2. The second-order valence-electron chi connectivity index (χ2n) is 3.61. The van der Waals surface area contributed by atoms with Crippen molar-refractivity contribution in [3.05, 3.63) is 60.7 Å². The molecule has 0 bridgehead atoms. The molecule has 2 heteroatoms. The van der Waals surface area contributed by atoms with Gasteiger partial charge in [-0.05, 0) is 12.5 Å². The molecule has 1 aromatic rings. The number of aliphatic hydroxyl groups excluding tert-OH is 1. The molecule has 2 atom stereocenters. The van der Waals surface area contributed by atoms with Gasteiger partial charge in [0.1, 0.15) is 0 Å². The van der Waals surface area contributed by atoms with E-state index in [-0.39, 0.29) is 6.10 Å². The lowest BCUT2D eigenvalue weighted by molar-refractivity contribution is -0.0152. The first-order valence-corrected chi connectivity index (χ1v) is 5.37. The number of rotatable bonds is 6. The molecule has 0 aliphatic carbocycles. The average molecular weight is 218 g/mol. The summed E-state index contributed by atoms with van der Waals surface area (Å²) in [6.07, 6.45) is 4.20. The number of ether oxygens (including phenoxy) is 1. The minimum atomic E-state index is -0.596. The fourth-order valence-electron chi connectivity index (χ4n) is 1.25. The standard InChI is InChI=1S/C14H18O2/c1-3-4-10-14(15)12(2)16-11-13-8-6-5-7-9-13/h3-10,12,14-15H,1,11H2,2H3/b10-4-/t12-,14-/m0/s1. The van der Waals surface area contributed by atoms with E-state index in [1.165, 1.54) is 0 Å². The van der Waals surface area contributed by atoms with Crippen LogP contribution in [0.5, 0.6) is 0 Å². The van der Waals surface area contributed by atoms with Gasteiger partial charge in [0, 0.05) is 0 Å². The molecular weight excluding hydrogens is 200 g/mol. The highest BCUT2D eigenvalue weighted by Crippen LogP contribution is 2.06. The smallest absolute Gasteiger partial charge is 0.0983 e. The molecule has 86 valence electrons. The van der Waals surface area contributed by atoms with Crippen molar-refractivity contribution in [1.82, 2.24) is 0 Å². The Bertz CT molecular complexity index is 330. The van der Waals surface area contributed by atoms with E-state index in [0.717, 1.165) is 5.56 Å². The van der Waals surface area contributed by atoms with Crippen LogP contribution in [0.3, 0.4) is 0 Å². The zero-order valence-corrected chi connectivity index (χ0v) is 9.54. The second-order valence-corrected chi connectivity index (χ2v) is 3.61. The number of hydrogen-bond donors (Lipinski definition) is 1. The Morgan fingerprint density at radius 2 is 2.06 bits per heavy atom. The Morgan fingerprint density at radius 1 is 1.38 bits per heavy atom. The van der Waals surface area contributed by atoms with Crippen molar-refractivity contribution in [1.29, 1.82) is 0 Å². The third-order valence-electron chi connectivity index (χ3n) is 2.28. The van der Waals surface area contributed by atoms with Gasteiger partial charge < -0.3 is 9.84 Å². The monoisotopic (exact) mass is 218 g/mol. The third-order valence-corrected chi connectivity index (χ3v) is 2.28. The van der Waals surface area contributed by atoms with Gasteiger partial charge >= 0.3 is 0 Å². The zero-order valence-electron chi connectivity index (χ0n) is 9.54. The predicted octanol–water partition coefficient (Wildman–Crippen LogP) is 2.69. The molecule has 0 fully saturated rings. The van der Waals surface area contributed by atoms with Crippen molar-refractivity contribution in [2.24, 2.45) is 0 Å². The summed E-state index contributed by atoms with van der Waals surface area (Å²) in [4.78, 5) is 0. The van der Waals surface area contributed by atoms with Crippen LogP contribution in [0.15, 0.2) is 55.1 Å². The minimum Gasteiger partial charge on any atom is -0.386 e. The Kier molecular flexibility index (Phi) is 5.54. The van der Waals surface area contributed by atoms with E-state index in [2.05, 4.69) is 6.58 Å². The van der Waals surface area contributed by atoms with Crippen molar-refractivity contribution >= 4 is 0 Å². The maximum atomic E-state index is 9.67. The Labute approximate surface area is 96.9 Å². The van der Waals surface area contributed by atoms with E-state index in [1.807, 2.05) is 37.3 Å². The van der Waals surface area contributed by atoms with Crippen molar-refractivity contribution in [2.45, 2.75) is 25.7 Å². The molecule has 0 aromatic heterocycles. The molecule has 2 nitrogen and oxygen atoms in total. The van der Waals surface area contributed by atoms with E-state index in [1.54, 1.807) is 18.2 Å². The molecule has 0 aliphatic heterocycles. The van der Waals surface area contributed by atoms with E-state index in [0.29, 0.717) is 6.61 Å². The molecule has 0 radical (unpaired) electrons. The van der Waals surface area contributed by atoms with Crippen molar-refractivity contribution in [2.75, 3.05) is 0 Å². The van der Waals surface area contributed by atoms with Gasteiger partial charge in [-0.25, -0.2) is 0 Å². The summed E-state index contributed by atoms with van der Waals surface area (Å²) in [5.41, 5.74) is 1.11. The summed E-state index contributed by atoms with van der Waals surface area (Å²) in [5, 5.41) is 9.67. The quantitative estimate of drug-likeness (QED) is 0.744. The van der Waals surface area contributed by atoms with Gasteiger partial charge in [0.15, 0.2) is 0 Å². The lowest BCUT2D eigenvalue weighted by atomic mass is 10.2. The molecule has 1 aromatic carbocycles. The van der Waals surface area contributed by atoms with Gasteiger partial charge in [0.2, 0.25) is 0 Å². The Morgan fingerprint density at radius 3 is 2.69 bits per heavy atom. The van der Waals surface area contributed by atoms with Crippen LogP contribution in [-0.4, -0.2) is 17.3 Å². The molecule has 0 aliphatic rings. The van der Waals surface area contributed by atoms with E-state index in [9.17, 15) is 5.11 Å².